The average molecular weight is 339 g/mol. The van der Waals surface area contributed by atoms with Crippen LogP contribution in [0.1, 0.15) is 30.2 Å². The number of carbonyl (C=O) groups excluding carboxylic acids is 1. The Kier molecular flexibility index (Phi) is 4.35. The van der Waals surface area contributed by atoms with Crippen molar-refractivity contribution in [2.24, 2.45) is 5.84 Å². The Morgan fingerprint density at radius 1 is 1.50 bits per heavy atom. The van der Waals surface area contributed by atoms with Gasteiger partial charge in [-0.2, -0.15) is 5.10 Å². The number of nitrogens with one attached hydrogen (secondary N) is 2. The number of hydrazine groups is 1. The van der Waals surface area contributed by atoms with E-state index in [-0.39, 0.29) is 11.9 Å². The molecule has 2 heterocycles. The summed E-state index contributed by atoms with van der Waals surface area (Å²) in [5, 5.41) is 6.95. The van der Waals surface area contributed by atoms with Crippen LogP contribution in [-0.4, -0.2) is 20.7 Å². The molecule has 0 aromatic carbocycles. The molecule has 0 aliphatic carbocycles. The summed E-state index contributed by atoms with van der Waals surface area (Å²) in [6.07, 6.45) is 3.20. The first kappa shape index (κ1) is 14.5. The first-order valence-corrected chi connectivity index (χ1v) is 6.79. The number of nitrogens with zero attached hydrogens (tertiary/aromatic N) is 3. The van der Waals surface area contributed by atoms with Crippen molar-refractivity contribution < 1.29 is 4.79 Å². The first-order valence-electron chi connectivity index (χ1n) is 6.00. The Balaban J connectivity index is 2.28. The molecule has 0 spiro atoms. The van der Waals surface area contributed by atoms with Crippen LogP contribution in [-0.2, 0) is 0 Å². The van der Waals surface area contributed by atoms with Gasteiger partial charge in [0.2, 0.25) is 0 Å². The van der Waals surface area contributed by atoms with Crippen LogP contribution in [0.5, 0.6) is 0 Å². The molecule has 0 aliphatic heterocycles. The van der Waals surface area contributed by atoms with Crippen molar-refractivity contribution in [1.82, 2.24) is 14.8 Å². The summed E-state index contributed by atoms with van der Waals surface area (Å²) in [4.78, 5) is 16.3. The Bertz CT molecular complexity index is 624. The van der Waals surface area contributed by atoms with E-state index in [0.717, 1.165) is 0 Å². The van der Waals surface area contributed by atoms with Gasteiger partial charge in [-0.25, -0.2) is 15.5 Å². The maximum Gasteiger partial charge on any atom is 0.260 e. The minimum absolute atomic E-state index is 0.146. The van der Waals surface area contributed by atoms with Crippen LogP contribution in [0.4, 0.5) is 11.6 Å². The van der Waals surface area contributed by atoms with E-state index < -0.39 is 0 Å². The zero-order valence-corrected chi connectivity index (χ0v) is 12.7. The molecule has 106 valence electrons. The molecule has 2 rings (SSSR count). The van der Waals surface area contributed by atoms with Crippen molar-refractivity contribution in [3.05, 3.63) is 34.6 Å². The molecule has 4 N–H and O–H groups in total. The quantitative estimate of drug-likeness (QED) is 0.586. The summed E-state index contributed by atoms with van der Waals surface area (Å²) in [7, 11) is 0. The fourth-order valence-electron chi connectivity index (χ4n) is 1.74. The summed E-state index contributed by atoms with van der Waals surface area (Å²) in [6.45, 7) is 3.96. The highest BCUT2D eigenvalue weighted by atomic mass is 79.9. The number of nitrogens with two attached hydrogens (primary N) is 1. The van der Waals surface area contributed by atoms with E-state index in [9.17, 15) is 4.79 Å². The molecule has 1 amide bonds. The van der Waals surface area contributed by atoms with Crippen molar-refractivity contribution in [1.29, 1.82) is 0 Å². The number of carbonyl (C=O) groups is 1. The number of halogens is 1. The SMILES string of the molecule is CC(C)n1nccc1NC(=O)c1cc(Br)cnc1NN. The number of rotatable bonds is 4. The highest BCUT2D eigenvalue weighted by molar-refractivity contribution is 9.10. The third kappa shape index (κ3) is 2.97. The lowest BCUT2D eigenvalue weighted by molar-refractivity contribution is 0.102. The molecule has 0 aliphatic rings. The maximum absolute atomic E-state index is 12.3. The number of nitrogen functional groups attached to an aromatic ring is 1. The molecular weight excluding hydrogens is 324 g/mol. The van der Waals surface area contributed by atoms with Gasteiger partial charge in [0, 0.05) is 22.8 Å². The number of anilines is 2. The van der Waals surface area contributed by atoms with Crippen LogP contribution in [0, 0.1) is 0 Å². The molecule has 0 fully saturated rings. The normalized spacial score (nSPS) is 10.7. The number of aromatic nitrogens is 3. The third-order valence-electron chi connectivity index (χ3n) is 2.64. The number of hydrogen-bond donors (Lipinski definition) is 3. The molecule has 0 saturated heterocycles. The molecule has 0 radical (unpaired) electrons. The largest absolute Gasteiger partial charge is 0.308 e. The van der Waals surface area contributed by atoms with Crippen LogP contribution in [0.2, 0.25) is 0 Å². The van der Waals surface area contributed by atoms with E-state index >= 15 is 0 Å². The Morgan fingerprint density at radius 3 is 2.90 bits per heavy atom. The average Bonchev–Trinajstić information content (AvgIpc) is 2.87. The Hall–Kier alpha value is -1.93. The first-order chi connectivity index (χ1) is 9.52. The third-order valence-corrected chi connectivity index (χ3v) is 3.07. The highest BCUT2D eigenvalue weighted by Crippen LogP contribution is 2.20. The lowest BCUT2D eigenvalue weighted by Gasteiger charge is -2.13. The van der Waals surface area contributed by atoms with E-state index in [1.54, 1.807) is 29.2 Å². The molecule has 0 atom stereocenters. The van der Waals surface area contributed by atoms with Crippen LogP contribution in [0.15, 0.2) is 29.0 Å². The lowest BCUT2D eigenvalue weighted by atomic mass is 10.2. The van der Waals surface area contributed by atoms with Gasteiger partial charge in [-0.05, 0) is 35.8 Å². The van der Waals surface area contributed by atoms with Crippen molar-refractivity contribution in [3.8, 4) is 0 Å². The van der Waals surface area contributed by atoms with Gasteiger partial charge in [-0.3, -0.25) is 4.79 Å². The molecule has 7 nitrogen and oxygen atoms in total. The zero-order valence-electron chi connectivity index (χ0n) is 11.1. The summed E-state index contributed by atoms with van der Waals surface area (Å²) in [5.41, 5.74) is 2.75. The van der Waals surface area contributed by atoms with E-state index in [4.69, 9.17) is 5.84 Å². The topological polar surface area (TPSA) is 97.9 Å². The minimum atomic E-state index is -0.311. The molecule has 0 unspecified atom stereocenters. The van der Waals surface area contributed by atoms with Gasteiger partial charge in [0.05, 0.1) is 11.8 Å². The Morgan fingerprint density at radius 2 is 2.25 bits per heavy atom. The lowest BCUT2D eigenvalue weighted by Crippen LogP contribution is -2.20. The number of pyridine rings is 1. The van der Waals surface area contributed by atoms with Crippen LogP contribution in [0.3, 0.4) is 0 Å². The van der Waals surface area contributed by atoms with Gasteiger partial charge in [-0.15, -0.1) is 0 Å². The summed E-state index contributed by atoms with van der Waals surface area (Å²) >= 11 is 3.28. The Labute approximate surface area is 124 Å². The van der Waals surface area contributed by atoms with Crippen molar-refractivity contribution in [2.75, 3.05) is 10.7 Å². The molecule has 2 aromatic heterocycles. The molecule has 0 saturated carbocycles. The zero-order chi connectivity index (χ0) is 14.7. The second-order valence-electron chi connectivity index (χ2n) is 4.40. The fourth-order valence-corrected chi connectivity index (χ4v) is 2.07. The number of amides is 1. The molecular formula is C12H15BrN6O. The van der Waals surface area contributed by atoms with Gasteiger partial charge < -0.3 is 10.7 Å². The maximum atomic E-state index is 12.3. The number of hydrogen-bond acceptors (Lipinski definition) is 5. The van der Waals surface area contributed by atoms with E-state index in [1.165, 1.54) is 0 Å². The van der Waals surface area contributed by atoms with Crippen molar-refractivity contribution in [3.63, 3.8) is 0 Å². The smallest absolute Gasteiger partial charge is 0.260 e. The van der Waals surface area contributed by atoms with E-state index in [1.807, 2.05) is 13.8 Å². The van der Waals surface area contributed by atoms with Crippen LogP contribution in [0.25, 0.3) is 0 Å². The van der Waals surface area contributed by atoms with E-state index in [0.29, 0.717) is 21.7 Å². The van der Waals surface area contributed by atoms with Gasteiger partial charge in [-0.1, -0.05) is 0 Å². The predicted octanol–water partition coefficient (Wildman–Crippen LogP) is 2.16. The summed E-state index contributed by atoms with van der Waals surface area (Å²) in [5.74, 6) is 5.98. The highest BCUT2D eigenvalue weighted by Gasteiger charge is 2.15. The molecule has 20 heavy (non-hydrogen) atoms. The molecule has 8 heteroatoms. The fraction of sp³-hybridized carbons (Fsp3) is 0.250. The molecule has 0 bridgehead atoms. The standard InChI is InChI=1S/C12H15BrN6O/c1-7(2)19-10(3-4-16-19)17-12(20)9-5-8(13)6-15-11(9)18-14/h3-7H,14H2,1-2H3,(H,15,18)(H,17,20). The second kappa shape index (κ2) is 6.02. The van der Waals surface area contributed by atoms with Crippen LogP contribution >= 0.6 is 15.9 Å². The predicted molar refractivity (Wildman–Crippen MR) is 80.3 cm³/mol. The van der Waals surface area contributed by atoms with Crippen molar-refractivity contribution in [2.45, 2.75) is 19.9 Å². The second-order valence-corrected chi connectivity index (χ2v) is 5.32. The minimum Gasteiger partial charge on any atom is -0.308 e. The monoisotopic (exact) mass is 338 g/mol. The van der Waals surface area contributed by atoms with Gasteiger partial charge in [0.1, 0.15) is 5.82 Å². The summed E-state index contributed by atoms with van der Waals surface area (Å²) in [6, 6.07) is 3.53. The van der Waals surface area contributed by atoms with Gasteiger partial charge in [0.15, 0.2) is 5.82 Å². The van der Waals surface area contributed by atoms with Gasteiger partial charge >= 0.3 is 0 Å². The summed E-state index contributed by atoms with van der Waals surface area (Å²) < 4.78 is 2.41. The van der Waals surface area contributed by atoms with Gasteiger partial charge in [0.25, 0.3) is 5.91 Å². The molecule has 2 aromatic rings. The van der Waals surface area contributed by atoms with Crippen LogP contribution < -0.4 is 16.6 Å². The van der Waals surface area contributed by atoms with Crippen molar-refractivity contribution >= 4 is 33.5 Å². The van der Waals surface area contributed by atoms with E-state index in [2.05, 4.69) is 36.8 Å².